The van der Waals surface area contributed by atoms with E-state index in [1.165, 1.54) is 18.6 Å². The Balaban J connectivity index is 2.24. The third kappa shape index (κ3) is 3.21. The largest absolute Gasteiger partial charge is 0.355 e. The van der Waals surface area contributed by atoms with Gasteiger partial charge in [-0.15, -0.1) is 0 Å². The highest BCUT2D eigenvalue weighted by molar-refractivity contribution is 7.92. The minimum atomic E-state index is -3.70. The molecule has 2 aromatic heterocycles. The zero-order chi connectivity index (χ0) is 14.6. The van der Waals surface area contributed by atoms with E-state index in [1.807, 2.05) is 6.92 Å². The Morgan fingerprint density at radius 3 is 2.50 bits per heavy atom. The van der Waals surface area contributed by atoms with E-state index in [9.17, 15) is 8.42 Å². The first-order valence-electron chi connectivity index (χ1n) is 6.02. The van der Waals surface area contributed by atoms with Gasteiger partial charge >= 0.3 is 0 Å². The smallest absolute Gasteiger partial charge is 0.264 e. The molecule has 8 heteroatoms. The van der Waals surface area contributed by atoms with Crippen LogP contribution < -0.4 is 10.0 Å². The van der Waals surface area contributed by atoms with Crippen LogP contribution in [0.4, 0.5) is 11.6 Å². The van der Waals surface area contributed by atoms with Crippen LogP contribution in [-0.4, -0.2) is 29.9 Å². The van der Waals surface area contributed by atoms with Gasteiger partial charge in [0.25, 0.3) is 10.0 Å². The lowest BCUT2D eigenvalue weighted by Crippen LogP contribution is -2.15. The highest BCUT2D eigenvalue weighted by atomic mass is 32.2. The molecule has 0 unspecified atom stereocenters. The van der Waals surface area contributed by atoms with Gasteiger partial charge in [0, 0.05) is 18.9 Å². The molecular formula is C12H15N5O2S. The van der Waals surface area contributed by atoms with Crippen LogP contribution in [0.3, 0.4) is 0 Å². The summed E-state index contributed by atoms with van der Waals surface area (Å²) in [5.74, 6) is 0.395. The van der Waals surface area contributed by atoms with Crippen LogP contribution in [-0.2, 0) is 10.0 Å². The number of aromatic nitrogens is 3. The Kier molecular flexibility index (Phi) is 4.14. The van der Waals surface area contributed by atoms with Crippen molar-refractivity contribution in [2.24, 2.45) is 0 Å². The van der Waals surface area contributed by atoms with Crippen LogP contribution >= 0.6 is 0 Å². The van der Waals surface area contributed by atoms with Gasteiger partial charge in [-0.2, -0.15) is 0 Å². The fraction of sp³-hybridized carbons (Fsp3) is 0.250. The Hall–Kier alpha value is -2.22. The number of rotatable bonds is 5. The molecule has 0 amide bonds. The van der Waals surface area contributed by atoms with Gasteiger partial charge in [0.2, 0.25) is 5.95 Å². The predicted octanol–water partition coefficient (Wildman–Crippen LogP) is 1.41. The number of nitrogens with zero attached hydrogens (tertiary/aromatic N) is 3. The molecule has 0 aromatic carbocycles. The maximum atomic E-state index is 12.2. The van der Waals surface area contributed by atoms with E-state index in [-0.39, 0.29) is 4.90 Å². The van der Waals surface area contributed by atoms with Gasteiger partial charge < -0.3 is 5.32 Å². The van der Waals surface area contributed by atoms with E-state index >= 15 is 0 Å². The first kappa shape index (κ1) is 14.2. The minimum Gasteiger partial charge on any atom is -0.355 e. The molecular weight excluding hydrogens is 278 g/mol. The number of anilines is 2. The molecule has 0 radical (unpaired) electrons. The fourth-order valence-electron chi connectivity index (χ4n) is 1.50. The van der Waals surface area contributed by atoms with E-state index in [2.05, 4.69) is 25.0 Å². The first-order valence-corrected chi connectivity index (χ1v) is 7.50. The van der Waals surface area contributed by atoms with Crippen molar-refractivity contribution in [1.29, 1.82) is 0 Å². The second-order valence-electron chi connectivity index (χ2n) is 4.07. The summed E-state index contributed by atoms with van der Waals surface area (Å²) in [5, 5.41) is 2.90. The van der Waals surface area contributed by atoms with Gasteiger partial charge in [0.1, 0.15) is 4.90 Å². The molecule has 0 aliphatic heterocycles. The molecule has 0 spiro atoms. The second-order valence-corrected chi connectivity index (χ2v) is 5.75. The summed E-state index contributed by atoms with van der Waals surface area (Å²) in [4.78, 5) is 11.8. The van der Waals surface area contributed by atoms with E-state index in [4.69, 9.17) is 0 Å². The minimum absolute atomic E-state index is 0.00960. The lowest BCUT2D eigenvalue weighted by molar-refractivity contribution is 0.600. The number of aryl methyl sites for hydroxylation is 1. The maximum Gasteiger partial charge on any atom is 0.264 e. The fourth-order valence-corrected chi connectivity index (χ4v) is 2.52. The third-order valence-electron chi connectivity index (χ3n) is 2.54. The van der Waals surface area contributed by atoms with Crippen LogP contribution in [0.1, 0.15) is 12.5 Å². The Bertz CT molecular complexity index is 685. The molecule has 106 valence electrons. The number of nitrogens with one attached hydrogen (secondary N) is 2. The summed E-state index contributed by atoms with van der Waals surface area (Å²) < 4.78 is 26.9. The lowest BCUT2D eigenvalue weighted by Gasteiger charge is -2.09. The third-order valence-corrected chi connectivity index (χ3v) is 3.86. The highest BCUT2D eigenvalue weighted by Gasteiger charge is 2.16. The van der Waals surface area contributed by atoms with Crippen molar-refractivity contribution in [1.82, 2.24) is 15.0 Å². The molecule has 2 N–H and O–H groups in total. The van der Waals surface area contributed by atoms with E-state index in [0.29, 0.717) is 18.2 Å². The van der Waals surface area contributed by atoms with Crippen LogP contribution in [0.25, 0.3) is 0 Å². The Morgan fingerprint density at radius 1 is 1.20 bits per heavy atom. The van der Waals surface area contributed by atoms with Gasteiger partial charge in [-0.1, -0.05) is 0 Å². The molecule has 0 saturated heterocycles. The molecule has 2 heterocycles. The molecule has 7 nitrogen and oxygen atoms in total. The average Bonchev–Trinajstić information content (AvgIpc) is 2.42. The van der Waals surface area contributed by atoms with Crippen LogP contribution in [0.5, 0.6) is 0 Å². The van der Waals surface area contributed by atoms with Gasteiger partial charge in [-0.25, -0.2) is 18.4 Å². The molecule has 0 atom stereocenters. The van der Waals surface area contributed by atoms with E-state index in [1.54, 1.807) is 19.2 Å². The first-order chi connectivity index (χ1) is 9.53. The van der Waals surface area contributed by atoms with Crippen molar-refractivity contribution in [2.75, 3.05) is 16.6 Å². The molecule has 0 saturated carbocycles. The summed E-state index contributed by atoms with van der Waals surface area (Å²) in [5.41, 5.74) is 1.22. The predicted molar refractivity (Wildman–Crippen MR) is 76.0 cm³/mol. The topological polar surface area (TPSA) is 96.9 Å². The number of hydrogen-bond acceptors (Lipinski definition) is 6. The second kappa shape index (κ2) is 5.83. The normalized spacial score (nSPS) is 11.1. The molecule has 20 heavy (non-hydrogen) atoms. The summed E-state index contributed by atoms with van der Waals surface area (Å²) in [6.45, 7) is 4.35. The zero-order valence-corrected chi connectivity index (χ0v) is 12.0. The molecule has 0 aliphatic carbocycles. The van der Waals surface area contributed by atoms with Crippen LogP contribution in [0, 0.1) is 6.92 Å². The van der Waals surface area contributed by atoms with Crippen molar-refractivity contribution in [3.8, 4) is 0 Å². The van der Waals surface area contributed by atoms with Crippen molar-refractivity contribution in [3.05, 3.63) is 36.4 Å². The van der Waals surface area contributed by atoms with Gasteiger partial charge in [0.15, 0.2) is 0 Å². The van der Waals surface area contributed by atoms with E-state index < -0.39 is 10.0 Å². The van der Waals surface area contributed by atoms with E-state index in [0.717, 1.165) is 5.56 Å². The van der Waals surface area contributed by atoms with Crippen molar-refractivity contribution in [2.45, 2.75) is 18.7 Å². The summed E-state index contributed by atoms with van der Waals surface area (Å²) in [6.07, 6.45) is 5.64. The molecule has 0 aliphatic rings. The van der Waals surface area contributed by atoms with Gasteiger partial charge in [-0.3, -0.25) is 9.71 Å². The lowest BCUT2D eigenvalue weighted by atomic mass is 10.3. The quantitative estimate of drug-likeness (QED) is 0.865. The highest BCUT2D eigenvalue weighted by Crippen LogP contribution is 2.17. The number of pyridine rings is 1. The molecule has 0 fully saturated rings. The summed E-state index contributed by atoms with van der Waals surface area (Å²) >= 11 is 0. The Morgan fingerprint density at radius 2 is 1.90 bits per heavy atom. The van der Waals surface area contributed by atoms with Crippen molar-refractivity contribution >= 4 is 21.7 Å². The SMILES string of the molecule is CCNc1ncc(S(=O)(=O)Nc2ccncc2C)cn1. The zero-order valence-electron chi connectivity index (χ0n) is 11.2. The van der Waals surface area contributed by atoms with Crippen molar-refractivity contribution < 1.29 is 8.42 Å². The van der Waals surface area contributed by atoms with Crippen molar-refractivity contribution in [3.63, 3.8) is 0 Å². The summed E-state index contributed by atoms with van der Waals surface area (Å²) in [7, 11) is -3.70. The average molecular weight is 293 g/mol. The van der Waals surface area contributed by atoms with Gasteiger partial charge in [0.05, 0.1) is 18.1 Å². The van der Waals surface area contributed by atoms with Crippen LogP contribution in [0.15, 0.2) is 35.7 Å². The number of hydrogen-bond donors (Lipinski definition) is 2. The number of sulfonamides is 1. The maximum absolute atomic E-state index is 12.2. The van der Waals surface area contributed by atoms with Gasteiger partial charge in [-0.05, 0) is 25.5 Å². The Labute approximate surface area is 117 Å². The van der Waals surface area contributed by atoms with Crippen LogP contribution in [0.2, 0.25) is 0 Å². The molecule has 2 aromatic rings. The monoisotopic (exact) mass is 293 g/mol. The molecule has 2 rings (SSSR count). The standard InChI is InChI=1S/C12H15N5O2S/c1-3-14-12-15-7-10(8-16-12)20(18,19)17-11-4-5-13-6-9(11)2/h4-8H,3H2,1-2H3,(H,13,17)(H,14,15,16). The summed E-state index contributed by atoms with van der Waals surface area (Å²) in [6, 6.07) is 1.60. The molecule has 0 bridgehead atoms.